The minimum Gasteiger partial charge on any atom is -0.316 e. The molecule has 0 aromatic heterocycles. The first kappa shape index (κ1) is 14.1. The average molecular weight is 260 g/mol. The topological polar surface area (TPSA) is 12.0 Å². The molecule has 1 aliphatic rings. The third-order valence-corrected chi connectivity index (χ3v) is 2.84. The van der Waals surface area contributed by atoms with Crippen LogP contribution in [0.25, 0.3) is 6.08 Å². The average Bonchev–Trinajstić information content (AvgIpc) is 2.32. The van der Waals surface area contributed by atoms with Crippen molar-refractivity contribution in [3.63, 3.8) is 0 Å². The van der Waals surface area contributed by atoms with Gasteiger partial charge >= 0.3 is 0 Å². The highest BCUT2D eigenvalue weighted by Gasteiger charge is 2.09. The Morgan fingerprint density at radius 2 is 2.12 bits per heavy atom. The summed E-state index contributed by atoms with van der Waals surface area (Å²) in [5.41, 5.74) is 0.325. The van der Waals surface area contributed by atoms with Crippen molar-refractivity contribution < 1.29 is 8.78 Å². The van der Waals surface area contributed by atoms with Crippen LogP contribution >= 0.6 is 12.4 Å². The van der Waals surface area contributed by atoms with Crippen molar-refractivity contribution in [1.29, 1.82) is 0 Å². The molecule has 1 aliphatic heterocycles. The number of hydrogen-bond acceptors (Lipinski definition) is 1. The SMILES string of the molecule is Cl.Fc1ccc(F)c(/C=C/C2CCCNC2)c1. The summed E-state index contributed by atoms with van der Waals surface area (Å²) >= 11 is 0. The van der Waals surface area contributed by atoms with Gasteiger partial charge in [0.1, 0.15) is 11.6 Å². The Labute approximate surface area is 106 Å². The number of benzene rings is 1. The first-order valence-corrected chi connectivity index (χ1v) is 5.59. The molecule has 0 bridgehead atoms. The van der Waals surface area contributed by atoms with E-state index in [1.165, 1.54) is 6.07 Å². The molecule has 1 nitrogen and oxygen atoms in total. The van der Waals surface area contributed by atoms with Gasteiger partial charge in [0, 0.05) is 12.1 Å². The first-order chi connectivity index (χ1) is 7.75. The molecule has 4 heteroatoms. The van der Waals surface area contributed by atoms with Crippen LogP contribution in [0.5, 0.6) is 0 Å². The number of hydrogen-bond donors (Lipinski definition) is 1. The van der Waals surface area contributed by atoms with Crippen LogP contribution in [0.15, 0.2) is 24.3 Å². The van der Waals surface area contributed by atoms with E-state index in [-0.39, 0.29) is 18.2 Å². The molecule has 17 heavy (non-hydrogen) atoms. The lowest BCUT2D eigenvalue weighted by molar-refractivity contribution is 0.439. The molecule has 1 fully saturated rings. The fourth-order valence-corrected chi connectivity index (χ4v) is 1.93. The van der Waals surface area contributed by atoms with Crippen molar-refractivity contribution in [2.24, 2.45) is 5.92 Å². The van der Waals surface area contributed by atoms with E-state index in [1.54, 1.807) is 6.08 Å². The molecule has 1 atom stereocenters. The van der Waals surface area contributed by atoms with Crippen LogP contribution in [0.4, 0.5) is 8.78 Å². The Hall–Kier alpha value is -0.930. The van der Waals surface area contributed by atoms with Crippen LogP contribution < -0.4 is 5.32 Å². The molecule has 0 radical (unpaired) electrons. The van der Waals surface area contributed by atoms with Crippen molar-refractivity contribution in [3.05, 3.63) is 41.5 Å². The largest absolute Gasteiger partial charge is 0.316 e. The molecule has 0 spiro atoms. The molecular formula is C13H16ClF2N. The molecule has 94 valence electrons. The van der Waals surface area contributed by atoms with Crippen LogP contribution in [0.1, 0.15) is 18.4 Å². The second-order valence-corrected chi connectivity index (χ2v) is 4.13. The highest BCUT2D eigenvalue weighted by atomic mass is 35.5. The summed E-state index contributed by atoms with van der Waals surface area (Å²) in [6.45, 7) is 1.98. The molecule has 0 amide bonds. The third-order valence-electron chi connectivity index (χ3n) is 2.84. The van der Waals surface area contributed by atoms with E-state index in [9.17, 15) is 8.78 Å². The highest BCUT2D eigenvalue weighted by Crippen LogP contribution is 2.16. The van der Waals surface area contributed by atoms with Crippen molar-refractivity contribution in [3.8, 4) is 0 Å². The minimum absolute atomic E-state index is 0. The Kier molecular flexibility index (Phi) is 5.59. The lowest BCUT2D eigenvalue weighted by Crippen LogP contribution is -2.28. The van der Waals surface area contributed by atoms with E-state index in [1.807, 2.05) is 6.08 Å². The maximum atomic E-state index is 13.3. The first-order valence-electron chi connectivity index (χ1n) is 5.59. The van der Waals surface area contributed by atoms with Crippen LogP contribution in [0.3, 0.4) is 0 Å². The zero-order valence-electron chi connectivity index (χ0n) is 9.46. The van der Waals surface area contributed by atoms with E-state index >= 15 is 0 Å². The van der Waals surface area contributed by atoms with Gasteiger partial charge in [-0.05, 0) is 43.5 Å². The Balaban J connectivity index is 0.00000144. The molecular weight excluding hydrogens is 244 g/mol. The zero-order chi connectivity index (χ0) is 11.4. The summed E-state index contributed by atoms with van der Waals surface area (Å²) in [6, 6.07) is 3.52. The molecule has 2 rings (SSSR count). The molecule has 1 aromatic rings. The molecule has 1 unspecified atom stereocenters. The van der Waals surface area contributed by atoms with E-state index in [0.717, 1.165) is 38.1 Å². The van der Waals surface area contributed by atoms with Crippen LogP contribution in [0, 0.1) is 17.6 Å². The number of nitrogens with one attached hydrogen (secondary N) is 1. The molecule has 1 N–H and O–H groups in total. The van der Waals surface area contributed by atoms with Crippen molar-refractivity contribution in [2.75, 3.05) is 13.1 Å². The van der Waals surface area contributed by atoms with E-state index in [4.69, 9.17) is 0 Å². The standard InChI is InChI=1S/C13H15F2N.ClH/c14-12-5-6-13(15)11(8-12)4-3-10-2-1-7-16-9-10;/h3-6,8,10,16H,1-2,7,9H2;1H/b4-3+;. The lowest BCUT2D eigenvalue weighted by atomic mass is 9.98. The number of piperidine rings is 1. The van der Waals surface area contributed by atoms with E-state index < -0.39 is 5.82 Å². The van der Waals surface area contributed by atoms with Gasteiger partial charge in [-0.3, -0.25) is 0 Å². The monoisotopic (exact) mass is 259 g/mol. The Bertz CT molecular complexity index is 387. The maximum Gasteiger partial charge on any atom is 0.130 e. The fraction of sp³-hybridized carbons (Fsp3) is 0.385. The molecule has 0 saturated carbocycles. The second kappa shape index (κ2) is 6.72. The molecule has 1 saturated heterocycles. The Morgan fingerprint density at radius 1 is 1.29 bits per heavy atom. The van der Waals surface area contributed by atoms with Gasteiger partial charge in [-0.15, -0.1) is 12.4 Å². The molecule has 1 aromatic carbocycles. The fourth-order valence-electron chi connectivity index (χ4n) is 1.93. The highest BCUT2D eigenvalue weighted by molar-refractivity contribution is 5.85. The van der Waals surface area contributed by atoms with Gasteiger partial charge in [-0.25, -0.2) is 8.78 Å². The summed E-state index contributed by atoms with van der Waals surface area (Å²) in [6.07, 6.45) is 5.89. The summed E-state index contributed by atoms with van der Waals surface area (Å²) in [5, 5.41) is 3.28. The van der Waals surface area contributed by atoms with E-state index in [2.05, 4.69) is 5.32 Å². The normalized spacial score (nSPS) is 20.2. The minimum atomic E-state index is -0.400. The third kappa shape index (κ3) is 4.10. The number of halogens is 3. The van der Waals surface area contributed by atoms with Gasteiger partial charge in [-0.2, -0.15) is 0 Å². The van der Waals surface area contributed by atoms with Gasteiger partial charge in [0.2, 0.25) is 0 Å². The van der Waals surface area contributed by atoms with Gasteiger partial charge in [0.15, 0.2) is 0 Å². The van der Waals surface area contributed by atoms with Crippen LogP contribution in [-0.2, 0) is 0 Å². The second-order valence-electron chi connectivity index (χ2n) is 4.13. The summed E-state index contributed by atoms with van der Waals surface area (Å²) < 4.78 is 26.2. The van der Waals surface area contributed by atoms with Crippen molar-refractivity contribution in [2.45, 2.75) is 12.8 Å². The van der Waals surface area contributed by atoms with Gasteiger partial charge in [0.05, 0.1) is 0 Å². The Morgan fingerprint density at radius 3 is 2.82 bits per heavy atom. The van der Waals surface area contributed by atoms with Gasteiger partial charge in [0.25, 0.3) is 0 Å². The summed E-state index contributed by atoms with van der Waals surface area (Å²) in [4.78, 5) is 0. The van der Waals surface area contributed by atoms with Gasteiger partial charge in [-0.1, -0.05) is 12.2 Å². The van der Waals surface area contributed by atoms with Gasteiger partial charge < -0.3 is 5.32 Å². The summed E-state index contributed by atoms with van der Waals surface area (Å²) in [7, 11) is 0. The number of rotatable bonds is 2. The van der Waals surface area contributed by atoms with E-state index in [0.29, 0.717) is 11.5 Å². The lowest BCUT2D eigenvalue weighted by Gasteiger charge is -2.19. The van der Waals surface area contributed by atoms with Crippen LogP contribution in [-0.4, -0.2) is 13.1 Å². The summed E-state index contributed by atoms with van der Waals surface area (Å²) in [5.74, 6) is -0.347. The quantitative estimate of drug-likeness (QED) is 0.858. The molecule has 1 heterocycles. The van der Waals surface area contributed by atoms with Crippen LogP contribution in [0.2, 0.25) is 0 Å². The maximum absolute atomic E-state index is 13.3. The smallest absolute Gasteiger partial charge is 0.130 e. The predicted octanol–water partition coefficient (Wildman–Crippen LogP) is 3.40. The van der Waals surface area contributed by atoms with Crippen molar-refractivity contribution >= 4 is 18.5 Å². The predicted molar refractivity (Wildman–Crippen MR) is 68.2 cm³/mol. The van der Waals surface area contributed by atoms with Crippen molar-refractivity contribution in [1.82, 2.24) is 5.32 Å². The zero-order valence-corrected chi connectivity index (χ0v) is 10.3. The molecule has 0 aliphatic carbocycles.